The maximum absolute atomic E-state index is 12.9. The average Bonchev–Trinajstić information content (AvgIpc) is 3.35. The summed E-state index contributed by atoms with van der Waals surface area (Å²) < 4.78 is 38.8. The number of hydrogen-bond acceptors (Lipinski definition) is 3. The van der Waals surface area contributed by atoms with Crippen molar-refractivity contribution < 1.29 is 27.6 Å². The molecule has 1 aliphatic rings. The Morgan fingerprint density at radius 3 is 2.17 bits per heavy atom. The Kier molecular flexibility index (Phi) is 7.23. The van der Waals surface area contributed by atoms with Crippen LogP contribution in [0.15, 0.2) is 78.9 Å². The number of anilines is 3. The molecule has 0 aliphatic carbocycles. The Hall–Kier alpha value is -4.34. The second kappa shape index (κ2) is 10.5. The Balaban J connectivity index is 1.41. The fourth-order valence-electron chi connectivity index (χ4n) is 3.94. The van der Waals surface area contributed by atoms with E-state index < -0.39 is 29.6 Å². The Labute approximate surface area is 205 Å². The van der Waals surface area contributed by atoms with Gasteiger partial charge >= 0.3 is 12.2 Å². The van der Waals surface area contributed by atoms with Gasteiger partial charge in [-0.15, -0.1) is 0 Å². The molecule has 0 radical (unpaired) electrons. The zero-order valence-electron chi connectivity index (χ0n) is 19.0. The molecular weight excluding hydrogens is 473 g/mol. The number of para-hydroxylation sites is 1. The highest BCUT2D eigenvalue weighted by atomic mass is 19.4. The summed E-state index contributed by atoms with van der Waals surface area (Å²) in [6.45, 7) is 0.427. The SMILES string of the molecule is O=C(Nc1cccc(C(F)(F)F)c1)c1cccc(NC(=O)[C@@H]2CCCN2C(=O)Nc2ccccc2)c1. The normalized spacial score (nSPS) is 15.3. The van der Waals surface area contributed by atoms with Crippen LogP contribution >= 0.6 is 0 Å². The number of hydrogen-bond donors (Lipinski definition) is 3. The van der Waals surface area contributed by atoms with E-state index in [1.54, 1.807) is 36.4 Å². The number of halogens is 3. The van der Waals surface area contributed by atoms with Crippen molar-refractivity contribution in [2.45, 2.75) is 25.1 Å². The smallest absolute Gasteiger partial charge is 0.324 e. The number of rotatable bonds is 5. The fourth-order valence-corrected chi connectivity index (χ4v) is 3.94. The van der Waals surface area contributed by atoms with Crippen LogP contribution in [0.4, 0.5) is 35.0 Å². The Bertz CT molecular complexity index is 1260. The molecule has 0 spiro atoms. The molecule has 36 heavy (non-hydrogen) atoms. The average molecular weight is 496 g/mol. The predicted molar refractivity (Wildman–Crippen MR) is 130 cm³/mol. The molecule has 0 unspecified atom stereocenters. The van der Waals surface area contributed by atoms with Gasteiger partial charge in [0.1, 0.15) is 6.04 Å². The molecule has 4 rings (SSSR count). The summed E-state index contributed by atoms with van der Waals surface area (Å²) >= 11 is 0. The van der Waals surface area contributed by atoms with Crippen molar-refractivity contribution >= 4 is 34.9 Å². The maximum Gasteiger partial charge on any atom is 0.416 e. The molecule has 4 amide bonds. The highest BCUT2D eigenvalue weighted by Crippen LogP contribution is 2.31. The number of urea groups is 1. The molecule has 3 aromatic carbocycles. The van der Waals surface area contributed by atoms with E-state index in [-0.39, 0.29) is 17.3 Å². The van der Waals surface area contributed by atoms with Crippen molar-refractivity contribution in [3.8, 4) is 0 Å². The minimum Gasteiger partial charge on any atom is -0.324 e. The largest absolute Gasteiger partial charge is 0.416 e. The van der Waals surface area contributed by atoms with Gasteiger partial charge in [-0.2, -0.15) is 13.2 Å². The molecule has 0 aromatic heterocycles. The van der Waals surface area contributed by atoms with Crippen LogP contribution in [0.5, 0.6) is 0 Å². The first-order valence-electron chi connectivity index (χ1n) is 11.2. The second-order valence-electron chi connectivity index (χ2n) is 8.25. The third-order valence-corrected chi connectivity index (χ3v) is 5.68. The number of carbonyl (C=O) groups is 3. The van der Waals surface area contributed by atoms with E-state index >= 15 is 0 Å². The minimum atomic E-state index is -4.53. The lowest BCUT2D eigenvalue weighted by molar-refractivity contribution is -0.137. The lowest BCUT2D eigenvalue weighted by Crippen LogP contribution is -2.45. The van der Waals surface area contributed by atoms with Gasteiger partial charge in [0.05, 0.1) is 5.56 Å². The summed E-state index contributed by atoms with van der Waals surface area (Å²) in [6.07, 6.45) is -3.37. The van der Waals surface area contributed by atoms with Crippen LogP contribution in [-0.2, 0) is 11.0 Å². The van der Waals surface area contributed by atoms with Gasteiger partial charge in [0.15, 0.2) is 0 Å². The van der Waals surface area contributed by atoms with E-state index in [1.807, 2.05) is 6.07 Å². The van der Waals surface area contributed by atoms with E-state index in [0.29, 0.717) is 30.8 Å². The number of likely N-dealkylation sites (tertiary alicyclic amines) is 1. The fraction of sp³-hybridized carbons (Fsp3) is 0.192. The number of amides is 4. The van der Waals surface area contributed by atoms with Crippen molar-refractivity contribution in [1.29, 1.82) is 0 Å². The maximum atomic E-state index is 12.9. The molecule has 1 aliphatic heterocycles. The van der Waals surface area contributed by atoms with E-state index in [9.17, 15) is 27.6 Å². The van der Waals surface area contributed by atoms with Crippen LogP contribution in [0.1, 0.15) is 28.8 Å². The van der Waals surface area contributed by atoms with Crippen molar-refractivity contribution in [2.24, 2.45) is 0 Å². The highest BCUT2D eigenvalue weighted by Gasteiger charge is 2.34. The van der Waals surface area contributed by atoms with Crippen molar-refractivity contribution in [3.63, 3.8) is 0 Å². The van der Waals surface area contributed by atoms with Gasteiger partial charge in [0.25, 0.3) is 5.91 Å². The molecule has 186 valence electrons. The summed E-state index contributed by atoms with van der Waals surface area (Å²) in [4.78, 5) is 39.7. The van der Waals surface area contributed by atoms with Crippen LogP contribution in [0.25, 0.3) is 0 Å². The number of alkyl halides is 3. The first kappa shape index (κ1) is 24.8. The molecule has 1 fully saturated rings. The van der Waals surface area contributed by atoms with Gasteiger partial charge in [-0.1, -0.05) is 30.3 Å². The first-order valence-corrected chi connectivity index (χ1v) is 11.2. The van der Waals surface area contributed by atoms with Crippen molar-refractivity contribution in [2.75, 3.05) is 22.5 Å². The van der Waals surface area contributed by atoms with E-state index in [4.69, 9.17) is 0 Å². The summed E-state index contributed by atoms with van der Waals surface area (Å²) in [5, 5.41) is 7.95. The second-order valence-corrected chi connectivity index (χ2v) is 8.25. The minimum absolute atomic E-state index is 0.00436. The lowest BCUT2D eigenvalue weighted by Gasteiger charge is -2.24. The molecular formula is C26H23F3N4O3. The molecule has 0 saturated carbocycles. The summed E-state index contributed by atoms with van der Waals surface area (Å²) in [7, 11) is 0. The third-order valence-electron chi connectivity index (χ3n) is 5.68. The molecule has 10 heteroatoms. The van der Waals surface area contributed by atoms with Gasteiger partial charge in [0, 0.05) is 29.2 Å². The zero-order valence-corrected chi connectivity index (χ0v) is 19.0. The van der Waals surface area contributed by atoms with E-state index in [2.05, 4.69) is 16.0 Å². The van der Waals surface area contributed by atoms with Gasteiger partial charge in [-0.05, 0) is 61.4 Å². The summed E-state index contributed by atoms with van der Waals surface area (Å²) in [5.41, 5.74) is 0.212. The Morgan fingerprint density at radius 1 is 0.778 bits per heavy atom. The first-order chi connectivity index (χ1) is 17.2. The standard InChI is InChI=1S/C26H23F3N4O3/c27-26(28,29)18-8-5-12-21(16-18)30-23(34)17-7-4-11-20(15-17)31-24(35)22-13-6-14-33(22)25(36)32-19-9-2-1-3-10-19/h1-5,7-12,15-16,22H,6,13-14H2,(H,30,34)(H,31,35)(H,32,36)/t22-/m0/s1. The van der Waals surface area contributed by atoms with E-state index in [0.717, 1.165) is 12.1 Å². The Morgan fingerprint density at radius 2 is 1.44 bits per heavy atom. The number of nitrogens with zero attached hydrogens (tertiary/aromatic N) is 1. The van der Waals surface area contributed by atoms with Gasteiger partial charge in [0.2, 0.25) is 5.91 Å². The third kappa shape index (κ3) is 6.01. The quantitative estimate of drug-likeness (QED) is 0.430. The van der Waals surface area contributed by atoms with Gasteiger partial charge in [-0.25, -0.2) is 4.79 Å². The number of benzene rings is 3. The molecule has 1 atom stereocenters. The van der Waals surface area contributed by atoms with Crippen LogP contribution < -0.4 is 16.0 Å². The van der Waals surface area contributed by atoms with Crippen molar-refractivity contribution in [3.05, 3.63) is 90.0 Å². The number of carbonyl (C=O) groups excluding carboxylic acids is 3. The van der Waals surface area contributed by atoms with Crippen LogP contribution in [0.3, 0.4) is 0 Å². The molecule has 0 bridgehead atoms. The summed E-state index contributed by atoms with van der Waals surface area (Å²) in [5.74, 6) is -1.03. The molecule has 1 saturated heterocycles. The predicted octanol–water partition coefficient (Wildman–Crippen LogP) is 5.59. The molecule has 3 N–H and O–H groups in total. The monoisotopic (exact) mass is 496 g/mol. The molecule has 7 nitrogen and oxygen atoms in total. The van der Waals surface area contributed by atoms with Crippen molar-refractivity contribution in [1.82, 2.24) is 4.90 Å². The lowest BCUT2D eigenvalue weighted by atomic mass is 10.1. The summed E-state index contributed by atoms with van der Waals surface area (Å²) in [6, 6.07) is 18.2. The van der Waals surface area contributed by atoms with Crippen LogP contribution in [-0.4, -0.2) is 35.3 Å². The topological polar surface area (TPSA) is 90.5 Å². The van der Waals surface area contributed by atoms with E-state index in [1.165, 1.54) is 29.2 Å². The molecule has 1 heterocycles. The van der Waals surface area contributed by atoms with Crippen LogP contribution in [0, 0.1) is 0 Å². The van der Waals surface area contributed by atoms with Gasteiger partial charge in [-0.3, -0.25) is 9.59 Å². The molecule has 3 aromatic rings. The van der Waals surface area contributed by atoms with Crippen LogP contribution in [0.2, 0.25) is 0 Å². The zero-order chi connectivity index (χ0) is 25.7. The van der Waals surface area contributed by atoms with Gasteiger partial charge < -0.3 is 20.9 Å². The highest BCUT2D eigenvalue weighted by molar-refractivity contribution is 6.06. The number of nitrogens with one attached hydrogen (secondary N) is 3.